The van der Waals surface area contributed by atoms with Crippen LogP contribution in [0.2, 0.25) is 0 Å². The van der Waals surface area contributed by atoms with Crippen molar-refractivity contribution in [3.8, 4) is 0 Å². The van der Waals surface area contributed by atoms with Crippen molar-refractivity contribution >= 4 is 17.6 Å². The van der Waals surface area contributed by atoms with Crippen molar-refractivity contribution in [3.63, 3.8) is 0 Å². The zero-order valence-electron chi connectivity index (χ0n) is 11.4. The maximum Gasteiger partial charge on any atom is 0.322 e. The Kier molecular flexibility index (Phi) is 4.78. The smallest absolute Gasteiger partial charge is 0.322 e. The Morgan fingerprint density at radius 1 is 1.55 bits per heavy atom. The highest BCUT2D eigenvalue weighted by molar-refractivity contribution is 5.97. The third-order valence-electron chi connectivity index (χ3n) is 2.76. The van der Waals surface area contributed by atoms with Gasteiger partial charge in [-0.2, -0.15) is 5.10 Å². The van der Waals surface area contributed by atoms with Crippen molar-refractivity contribution in [2.45, 2.75) is 32.7 Å². The first-order valence-electron chi connectivity index (χ1n) is 5.94. The molecule has 0 bridgehead atoms. The van der Waals surface area contributed by atoms with Gasteiger partial charge in [-0.25, -0.2) is 0 Å². The Morgan fingerprint density at radius 2 is 2.15 bits per heavy atom. The second kappa shape index (κ2) is 6.13. The van der Waals surface area contributed by atoms with Gasteiger partial charge in [-0.05, 0) is 20.3 Å². The van der Waals surface area contributed by atoms with Crippen LogP contribution in [0.15, 0.2) is 0 Å². The van der Waals surface area contributed by atoms with E-state index in [2.05, 4.69) is 10.4 Å². The number of aromatic nitrogens is 2. The third-order valence-corrected chi connectivity index (χ3v) is 2.76. The van der Waals surface area contributed by atoms with Gasteiger partial charge in [-0.1, -0.05) is 0 Å². The van der Waals surface area contributed by atoms with E-state index in [1.807, 2.05) is 0 Å². The van der Waals surface area contributed by atoms with Crippen molar-refractivity contribution in [1.82, 2.24) is 15.1 Å². The Labute approximate surface area is 114 Å². The minimum absolute atomic E-state index is 0.0893. The third kappa shape index (κ3) is 3.53. The predicted molar refractivity (Wildman–Crippen MR) is 68.4 cm³/mol. The van der Waals surface area contributed by atoms with Crippen LogP contribution in [-0.2, 0) is 11.8 Å². The molecule has 0 aromatic carbocycles. The zero-order valence-corrected chi connectivity index (χ0v) is 11.4. The first kappa shape index (κ1) is 15.6. The number of nitro groups is 1. The van der Waals surface area contributed by atoms with Crippen molar-refractivity contribution in [1.29, 1.82) is 0 Å². The first-order valence-corrected chi connectivity index (χ1v) is 5.94. The van der Waals surface area contributed by atoms with Crippen LogP contribution in [0.5, 0.6) is 0 Å². The van der Waals surface area contributed by atoms with Gasteiger partial charge in [0.05, 0.1) is 4.92 Å². The Balaban J connectivity index is 2.87. The van der Waals surface area contributed by atoms with Crippen LogP contribution in [0.1, 0.15) is 35.9 Å². The first-order chi connectivity index (χ1) is 9.23. The van der Waals surface area contributed by atoms with E-state index in [9.17, 15) is 19.7 Å². The summed E-state index contributed by atoms with van der Waals surface area (Å²) in [7, 11) is 1.44. The number of carboxylic acids is 1. The summed E-state index contributed by atoms with van der Waals surface area (Å²) < 4.78 is 1.15. The fraction of sp³-hybridized carbons (Fsp3) is 0.545. The lowest BCUT2D eigenvalue weighted by molar-refractivity contribution is -0.385. The molecular weight excluding hydrogens is 268 g/mol. The standard InChI is InChI=1S/C11H16N4O5/c1-6(4-5-8(16)17)12-11(18)10-9(15(19)20)7(2)13-14(10)3/h6H,4-5H2,1-3H3,(H,12,18)(H,16,17). The molecule has 9 nitrogen and oxygen atoms in total. The van der Waals surface area contributed by atoms with E-state index in [1.165, 1.54) is 14.0 Å². The van der Waals surface area contributed by atoms with Crippen LogP contribution in [0.3, 0.4) is 0 Å². The number of aryl methyl sites for hydroxylation is 2. The normalized spacial score (nSPS) is 11.9. The van der Waals surface area contributed by atoms with E-state index >= 15 is 0 Å². The summed E-state index contributed by atoms with van der Waals surface area (Å²) in [6.07, 6.45) is 0.152. The van der Waals surface area contributed by atoms with Gasteiger partial charge in [0.25, 0.3) is 5.91 Å². The van der Waals surface area contributed by atoms with Gasteiger partial charge in [0.2, 0.25) is 5.69 Å². The molecule has 110 valence electrons. The molecule has 1 amide bonds. The Bertz CT molecular complexity index is 551. The molecule has 2 N–H and O–H groups in total. The topological polar surface area (TPSA) is 127 Å². The highest BCUT2D eigenvalue weighted by Crippen LogP contribution is 2.22. The van der Waals surface area contributed by atoms with Crippen molar-refractivity contribution in [2.75, 3.05) is 0 Å². The molecule has 1 atom stereocenters. The second-order valence-electron chi connectivity index (χ2n) is 4.47. The summed E-state index contributed by atoms with van der Waals surface area (Å²) in [5.41, 5.74) is -0.328. The SMILES string of the molecule is Cc1nn(C)c(C(=O)NC(C)CCC(=O)O)c1[N+](=O)[O-]. The molecule has 1 aromatic heterocycles. The quantitative estimate of drug-likeness (QED) is 0.582. The molecule has 0 aliphatic rings. The van der Waals surface area contributed by atoms with E-state index < -0.39 is 22.8 Å². The minimum atomic E-state index is -0.964. The lowest BCUT2D eigenvalue weighted by atomic mass is 10.1. The molecule has 9 heteroatoms. The van der Waals surface area contributed by atoms with Crippen LogP contribution in [-0.4, -0.2) is 37.7 Å². The van der Waals surface area contributed by atoms with E-state index in [1.54, 1.807) is 6.92 Å². The Hall–Kier alpha value is -2.45. The van der Waals surface area contributed by atoms with Gasteiger partial charge < -0.3 is 10.4 Å². The molecule has 1 heterocycles. The Morgan fingerprint density at radius 3 is 2.65 bits per heavy atom. The highest BCUT2D eigenvalue weighted by atomic mass is 16.6. The summed E-state index contributed by atoms with van der Waals surface area (Å²) in [5, 5.41) is 25.9. The average molecular weight is 284 g/mol. The van der Waals surface area contributed by atoms with E-state index in [4.69, 9.17) is 5.11 Å². The molecule has 1 unspecified atom stereocenters. The summed E-state index contributed by atoms with van der Waals surface area (Å²) in [5.74, 6) is -1.61. The lowest BCUT2D eigenvalue weighted by Gasteiger charge is -2.12. The highest BCUT2D eigenvalue weighted by Gasteiger charge is 2.29. The maximum atomic E-state index is 12.0. The number of aliphatic carboxylic acids is 1. The molecule has 0 spiro atoms. The molecule has 1 aromatic rings. The van der Waals surface area contributed by atoms with Gasteiger partial charge in [-0.15, -0.1) is 0 Å². The predicted octanol–water partition coefficient (Wildman–Crippen LogP) is 0.620. The molecule has 0 radical (unpaired) electrons. The number of amides is 1. The summed E-state index contributed by atoms with van der Waals surface area (Å²) in [6, 6.07) is -0.409. The summed E-state index contributed by atoms with van der Waals surface area (Å²) in [4.78, 5) is 32.8. The fourth-order valence-corrected chi connectivity index (χ4v) is 1.82. The van der Waals surface area contributed by atoms with E-state index in [-0.39, 0.29) is 29.9 Å². The summed E-state index contributed by atoms with van der Waals surface area (Å²) >= 11 is 0. The van der Waals surface area contributed by atoms with Gasteiger partial charge in [-0.3, -0.25) is 24.4 Å². The van der Waals surface area contributed by atoms with Crippen molar-refractivity contribution in [3.05, 3.63) is 21.5 Å². The van der Waals surface area contributed by atoms with Gasteiger partial charge in [0, 0.05) is 19.5 Å². The minimum Gasteiger partial charge on any atom is -0.481 e. The molecule has 0 aliphatic carbocycles. The zero-order chi connectivity index (χ0) is 15.4. The fourth-order valence-electron chi connectivity index (χ4n) is 1.82. The molecule has 20 heavy (non-hydrogen) atoms. The van der Waals surface area contributed by atoms with Gasteiger partial charge >= 0.3 is 11.7 Å². The van der Waals surface area contributed by atoms with Crippen molar-refractivity contribution < 1.29 is 19.6 Å². The molecule has 0 fully saturated rings. The number of carboxylic acid groups (broad SMARTS) is 1. The lowest BCUT2D eigenvalue weighted by Crippen LogP contribution is -2.34. The summed E-state index contributed by atoms with van der Waals surface area (Å²) in [6.45, 7) is 3.08. The van der Waals surface area contributed by atoms with Crippen LogP contribution in [0, 0.1) is 17.0 Å². The number of carbonyl (C=O) groups is 2. The van der Waals surface area contributed by atoms with Crippen molar-refractivity contribution in [2.24, 2.45) is 7.05 Å². The number of rotatable bonds is 6. The number of nitrogens with one attached hydrogen (secondary N) is 1. The maximum absolute atomic E-state index is 12.0. The monoisotopic (exact) mass is 284 g/mol. The van der Waals surface area contributed by atoms with Crippen LogP contribution < -0.4 is 5.32 Å². The van der Waals surface area contributed by atoms with Gasteiger partial charge in [0.1, 0.15) is 5.69 Å². The molecule has 0 saturated heterocycles. The number of nitrogens with zero attached hydrogens (tertiary/aromatic N) is 3. The van der Waals surface area contributed by atoms with E-state index in [0.29, 0.717) is 0 Å². The molecule has 1 rings (SSSR count). The van der Waals surface area contributed by atoms with Gasteiger partial charge in [0.15, 0.2) is 0 Å². The number of carbonyl (C=O) groups excluding carboxylic acids is 1. The van der Waals surface area contributed by atoms with Crippen LogP contribution in [0.4, 0.5) is 5.69 Å². The number of hydrogen-bond acceptors (Lipinski definition) is 5. The number of hydrogen-bond donors (Lipinski definition) is 2. The molecular formula is C11H16N4O5. The average Bonchev–Trinajstić information content (AvgIpc) is 2.61. The molecule has 0 aliphatic heterocycles. The van der Waals surface area contributed by atoms with Crippen LogP contribution >= 0.6 is 0 Å². The second-order valence-corrected chi connectivity index (χ2v) is 4.47. The van der Waals surface area contributed by atoms with E-state index in [0.717, 1.165) is 4.68 Å². The van der Waals surface area contributed by atoms with Crippen LogP contribution in [0.25, 0.3) is 0 Å². The largest absolute Gasteiger partial charge is 0.481 e. The molecule has 0 saturated carbocycles.